The van der Waals surface area contributed by atoms with Crippen molar-refractivity contribution >= 4 is 22.9 Å². The van der Waals surface area contributed by atoms with Gasteiger partial charge in [-0.25, -0.2) is 9.78 Å². The molecule has 43 heavy (non-hydrogen) atoms. The maximum absolute atomic E-state index is 13.4. The zero-order valence-electron chi connectivity index (χ0n) is 25.1. The molecule has 7 heteroatoms. The van der Waals surface area contributed by atoms with Crippen LogP contribution in [0.3, 0.4) is 0 Å². The summed E-state index contributed by atoms with van der Waals surface area (Å²) in [6.07, 6.45) is 6.69. The highest BCUT2D eigenvalue weighted by molar-refractivity contribution is 5.96. The molecule has 3 aromatic carbocycles. The molecular formula is C36H40N4O3. The average molecular weight is 577 g/mol. The summed E-state index contributed by atoms with van der Waals surface area (Å²) in [5.74, 6) is 0.767. The number of carbonyl (C=O) groups excluding carboxylic acids is 2. The Morgan fingerprint density at radius 2 is 1.47 bits per heavy atom. The van der Waals surface area contributed by atoms with Crippen molar-refractivity contribution in [3.8, 4) is 0 Å². The number of aryl methyl sites for hydroxylation is 1. The van der Waals surface area contributed by atoms with Gasteiger partial charge in [0.25, 0.3) is 5.91 Å². The number of piperidine rings is 2. The van der Waals surface area contributed by atoms with Crippen molar-refractivity contribution in [2.75, 3.05) is 26.7 Å². The average Bonchev–Trinajstić information content (AvgIpc) is 3.40. The fraction of sp³-hybridized carbons (Fsp3) is 0.417. The lowest BCUT2D eigenvalue weighted by molar-refractivity contribution is -0.0534. The van der Waals surface area contributed by atoms with Gasteiger partial charge in [-0.3, -0.25) is 9.69 Å². The van der Waals surface area contributed by atoms with Gasteiger partial charge < -0.3 is 14.2 Å². The van der Waals surface area contributed by atoms with E-state index < -0.39 is 5.97 Å². The second-order valence-electron chi connectivity index (χ2n) is 12.7. The molecule has 1 amide bonds. The first-order chi connectivity index (χ1) is 21.0. The largest absolute Gasteiger partial charge is 0.465 e. The van der Waals surface area contributed by atoms with E-state index in [1.165, 1.54) is 37.5 Å². The summed E-state index contributed by atoms with van der Waals surface area (Å²) in [6, 6.07) is 28.1. The molecule has 8 rings (SSSR count). The Morgan fingerprint density at radius 3 is 2.16 bits per heavy atom. The number of esters is 1. The minimum Gasteiger partial charge on any atom is -0.465 e. The van der Waals surface area contributed by atoms with Gasteiger partial charge in [-0.15, -0.1) is 0 Å². The number of likely N-dealkylation sites (tertiary alicyclic amines) is 1. The number of amides is 1. The lowest BCUT2D eigenvalue weighted by atomic mass is 9.69. The van der Waals surface area contributed by atoms with Crippen LogP contribution in [0.25, 0.3) is 11.0 Å². The second kappa shape index (κ2) is 11.3. The number of hydrogen-bond acceptors (Lipinski definition) is 5. The number of ether oxygens (including phenoxy) is 1. The van der Waals surface area contributed by atoms with Crippen LogP contribution in [0.2, 0.25) is 0 Å². The van der Waals surface area contributed by atoms with E-state index in [-0.39, 0.29) is 11.3 Å². The highest BCUT2D eigenvalue weighted by Gasteiger charge is 2.47. The van der Waals surface area contributed by atoms with Crippen LogP contribution in [0.5, 0.6) is 0 Å². The second-order valence-corrected chi connectivity index (χ2v) is 12.7. The third-order valence-corrected chi connectivity index (χ3v) is 10.5. The van der Waals surface area contributed by atoms with E-state index >= 15 is 0 Å². The number of imidazole rings is 1. The summed E-state index contributed by atoms with van der Waals surface area (Å²) >= 11 is 0. The molecule has 4 aromatic rings. The SMILES string of the molecule is COC(=O)c1ccc(C(=O)N2CCC(CCN3C4CC3CC(n3c(C)nc5ccccc53)C4)(c3ccccc3)CC2)cc1. The van der Waals surface area contributed by atoms with Crippen molar-refractivity contribution in [3.05, 3.63) is 101 Å². The predicted octanol–water partition coefficient (Wildman–Crippen LogP) is 6.17. The number of fused-ring (bicyclic) bond motifs is 3. The van der Waals surface area contributed by atoms with Crippen LogP contribution in [0.1, 0.15) is 76.7 Å². The van der Waals surface area contributed by atoms with Crippen molar-refractivity contribution in [1.29, 1.82) is 0 Å². The van der Waals surface area contributed by atoms with E-state index in [1.54, 1.807) is 24.3 Å². The summed E-state index contributed by atoms with van der Waals surface area (Å²) < 4.78 is 7.29. The van der Waals surface area contributed by atoms with Gasteiger partial charge in [-0.1, -0.05) is 42.5 Å². The maximum Gasteiger partial charge on any atom is 0.337 e. The third kappa shape index (κ3) is 5.03. The Morgan fingerprint density at radius 1 is 0.837 bits per heavy atom. The first-order valence-electron chi connectivity index (χ1n) is 15.7. The summed E-state index contributed by atoms with van der Waals surface area (Å²) in [5.41, 5.74) is 4.90. The van der Waals surface area contributed by atoms with Gasteiger partial charge >= 0.3 is 5.97 Å². The zero-order valence-corrected chi connectivity index (χ0v) is 25.1. The fourth-order valence-corrected chi connectivity index (χ4v) is 8.14. The molecule has 222 valence electrons. The van der Waals surface area contributed by atoms with Crippen LogP contribution in [-0.2, 0) is 10.2 Å². The zero-order chi connectivity index (χ0) is 29.6. The predicted molar refractivity (Wildman–Crippen MR) is 167 cm³/mol. The van der Waals surface area contributed by atoms with Crippen LogP contribution < -0.4 is 0 Å². The van der Waals surface area contributed by atoms with Gasteiger partial charge in [0.15, 0.2) is 0 Å². The van der Waals surface area contributed by atoms with Gasteiger partial charge in [0.2, 0.25) is 0 Å². The Balaban J connectivity index is 1.02. The molecule has 3 aliphatic heterocycles. The van der Waals surface area contributed by atoms with Crippen molar-refractivity contribution in [1.82, 2.24) is 19.4 Å². The van der Waals surface area contributed by atoms with Gasteiger partial charge in [-0.2, -0.15) is 0 Å². The monoisotopic (exact) mass is 576 g/mol. The highest BCUT2D eigenvalue weighted by Crippen LogP contribution is 2.46. The van der Waals surface area contributed by atoms with Gasteiger partial charge in [0.05, 0.1) is 23.7 Å². The molecule has 4 aliphatic rings. The minimum atomic E-state index is -0.392. The first kappa shape index (κ1) is 27.8. The Kier molecular flexibility index (Phi) is 7.29. The first-order valence-corrected chi connectivity index (χ1v) is 15.7. The molecule has 4 heterocycles. The van der Waals surface area contributed by atoms with Crippen LogP contribution in [-0.4, -0.2) is 70.1 Å². The van der Waals surface area contributed by atoms with Crippen molar-refractivity contribution in [3.63, 3.8) is 0 Å². The topological polar surface area (TPSA) is 67.7 Å². The lowest BCUT2D eigenvalue weighted by Gasteiger charge is -2.57. The number of para-hydroxylation sites is 2. The minimum absolute atomic E-state index is 0.0312. The number of rotatable bonds is 7. The number of methoxy groups -OCH3 is 1. The maximum atomic E-state index is 13.4. The third-order valence-electron chi connectivity index (χ3n) is 10.5. The van der Waals surface area contributed by atoms with Gasteiger partial charge in [-0.05, 0) is 99.4 Å². The highest BCUT2D eigenvalue weighted by atomic mass is 16.5. The molecule has 2 bridgehead atoms. The van der Waals surface area contributed by atoms with Gasteiger partial charge in [0, 0.05) is 36.8 Å². The molecule has 1 aromatic heterocycles. The number of aromatic nitrogens is 2. The number of carbonyl (C=O) groups is 2. The smallest absolute Gasteiger partial charge is 0.337 e. The van der Waals surface area contributed by atoms with E-state index in [2.05, 4.69) is 71.0 Å². The Hall–Kier alpha value is -3.97. The summed E-state index contributed by atoms with van der Waals surface area (Å²) in [5, 5.41) is 0. The Labute approximate surface area is 253 Å². The molecule has 2 atom stereocenters. The molecule has 0 radical (unpaired) electrons. The number of hydrogen-bond donors (Lipinski definition) is 0. The van der Waals surface area contributed by atoms with E-state index in [1.807, 2.05) is 4.90 Å². The molecule has 1 saturated carbocycles. The van der Waals surface area contributed by atoms with E-state index in [9.17, 15) is 9.59 Å². The van der Waals surface area contributed by atoms with Crippen molar-refractivity contribution in [2.45, 2.75) is 69.0 Å². The van der Waals surface area contributed by atoms with Crippen LogP contribution in [0.4, 0.5) is 0 Å². The van der Waals surface area contributed by atoms with E-state index in [4.69, 9.17) is 9.72 Å². The normalized spacial score (nSPS) is 23.1. The molecule has 3 saturated heterocycles. The molecule has 4 fully saturated rings. The molecule has 0 spiro atoms. The Bertz CT molecular complexity index is 1610. The van der Waals surface area contributed by atoms with E-state index in [0.29, 0.717) is 29.3 Å². The van der Waals surface area contributed by atoms with Crippen LogP contribution >= 0.6 is 0 Å². The summed E-state index contributed by atoms with van der Waals surface area (Å²) in [6.45, 7) is 4.71. The molecule has 7 nitrogen and oxygen atoms in total. The standard InChI is InChI=1S/C36H40N4O3/c1-25-37-32-10-6-7-11-33(32)40(25)31-23-29-22-30(24-31)39(29)21-18-36(28-8-4-3-5-9-28)16-19-38(20-17-36)34(41)26-12-14-27(15-13-26)35(42)43-2/h3-15,29-31H,16-24H2,1-2H3. The van der Waals surface area contributed by atoms with E-state index in [0.717, 1.165) is 50.2 Å². The summed E-state index contributed by atoms with van der Waals surface area (Å²) in [4.78, 5) is 34.8. The van der Waals surface area contributed by atoms with Crippen LogP contribution in [0, 0.1) is 6.92 Å². The van der Waals surface area contributed by atoms with Crippen LogP contribution in [0.15, 0.2) is 78.9 Å². The summed E-state index contributed by atoms with van der Waals surface area (Å²) in [7, 11) is 1.36. The number of nitrogens with zero attached hydrogens (tertiary/aromatic N) is 4. The van der Waals surface area contributed by atoms with Crippen molar-refractivity contribution < 1.29 is 14.3 Å². The fourth-order valence-electron chi connectivity index (χ4n) is 8.14. The lowest BCUT2D eigenvalue weighted by Crippen LogP contribution is -2.61. The van der Waals surface area contributed by atoms with Crippen molar-refractivity contribution in [2.24, 2.45) is 0 Å². The molecule has 2 unspecified atom stereocenters. The molecule has 1 aliphatic carbocycles. The molecular weight excluding hydrogens is 536 g/mol. The van der Waals surface area contributed by atoms with Gasteiger partial charge in [0.1, 0.15) is 5.82 Å². The molecule has 0 N–H and O–H groups in total. The quantitative estimate of drug-likeness (QED) is 0.246. The number of benzene rings is 3.